The Hall–Kier alpha value is -2.18. The molecular weight excluding hydrogens is 342 g/mol. The minimum absolute atomic E-state index is 0.226. The highest BCUT2D eigenvalue weighted by molar-refractivity contribution is 7.18. The van der Waals surface area contributed by atoms with E-state index >= 15 is 0 Å². The smallest absolute Gasteiger partial charge is 0.222 e. The molecule has 0 aliphatic rings. The summed E-state index contributed by atoms with van der Waals surface area (Å²) in [5.41, 5.74) is 10.1. The zero-order valence-electron chi connectivity index (χ0n) is 13.5. The summed E-state index contributed by atoms with van der Waals surface area (Å²) < 4.78 is 0. The number of nitrogens with two attached hydrogens (primary N) is 1. The first-order valence-corrected chi connectivity index (χ1v) is 8.73. The molecule has 1 aromatic carbocycles. The van der Waals surface area contributed by atoms with Crippen molar-refractivity contribution in [1.82, 2.24) is 15.0 Å². The molecular formula is C17H18ClN5S. The Balaban J connectivity index is 1.82. The summed E-state index contributed by atoms with van der Waals surface area (Å²) in [5, 5.41) is 0.765. The standard InChI is InChI=1S/C17H18ClN5S/c1-23(2)12-5-3-4-11(10-12)6-7-13-15(24-17(19)22-13)14-8-9-20-16(18)21-14/h3-5,8-10H,6-7H2,1-2H3,(H2,19,22). The molecule has 0 spiro atoms. The number of nitrogen functional groups attached to an aromatic ring is 1. The number of anilines is 2. The van der Waals surface area contributed by atoms with Gasteiger partial charge in [0.25, 0.3) is 0 Å². The van der Waals surface area contributed by atoms with E-state index in [2.05, 4.69) is 44.1 Å². The van der Waals surface area contributed by atoms with Crippen molar-refractivity contribution in [3.05, 3.63) is 53.1 Å². The molecule has 3 aromatic rings. The summed E-state index contributed by atoms with van der Waals surface area (Å²) in [5.74, 6) is 0. The fraction of sp³-hybridized carbons (Fsp3) is 0.235. The SMILES string of the molecule is CN(C)c1cccc(CCc2nc(N)sc2-c2ccnc(Cl)n2)c1. The van der Waals surface area contributed by atoms with Gasteiger partial charge in [-0.15, -0.1) is 0 Å². The zero-order valence-corrected chi connectivity index (χ0v) is 15.1. The molecule has 0 bridgehead atoms. The van der Waals surface area contributed by atoms with Crippen LogP contribution in [0.4, 0.5) is 10.8 Å². The van der Waals surface area contributed by atoms with Gasteiger partial charge >= 0.3 is 0 Å². The van der Waals surface area contributed by atoms with E-state index in [1.165, 1.54) is 22.6 Å². The van der Waals surface area contributed by atoms with Crippen LogP contribution in [0.2, 0.25) is 5.28 Å². The molecule has 0 radical (unpaired) electrons. The zero-order chi connectivity index (χ0) is 17.1. The molecule has 2 N–H and O–H groups in total. The van der Waals surface area contributed by atoms with Crippen molar-refractivity contribution in [3.63, 3.8) is 0 Å². The maximum Gasteiger partial charge on any atom is 0.222 e. The highest BCUT2D eigenvalue weighted by Crippen LogP contribution is 2.31. The lowest BCUT2D eigenvalue weighted by Crippen LogP contribution is -2.08. The van der Waals surface area contributed by atoms with Crippen molar-refractivity contribution in [2.24, 2.45) is 0 Å². The second-order valence-corrected chi connectivity index (χ2v) is 6.97. The van der Waals surface area contributed by atoms with Crippen LogP contribution in [0.3, 0.4) is 0 Å². The number of aryl methyl sites for hydroxylation is 2. The normalized spacial score (nSPS) is 10.8. The molecule has 0 atom stereocenters. The van der Waals surface area contributed by atoms with Gasteiger partial charge in [-0.05, 0) is 48.2 Å². The molecule has 2 heterocycles. The Kier molecular flexibility index (Phi) is 4.97. The topological polar surface area (TPSA) is 67.9 Å². The van der Waals surface area contributed by atoms with Gasteiger partial charge in [0.2, 0.25) is 5.28 Å². The molecule has 0 amide bonds. The highest BCUT2D eigenvalue weighted by Gasteiger charge is 2.14. The van der Waals surface area contributed by atoms with Gasteiger partial charge in [-0.1, -0.05) is 23.5 Å². The summed E-state index contributed by atoms with van der Waals surface area (Å²) in [7, 11) is 4.08. The Bertz CT molecular complexity index is 847. The molecule has 0 aliphatic carbocycles. The maximum atomic E-state index is 5.91. The van der Waals surface area contributed by atoms with Crippen molar-refractivity contribution >= 4 is 33.8 Å². The quantitative estimate of drug-likeness (QED) is 0.704. The Morgan fingerprint density at radius 3 is 2.75 bits per heavy atom. The van der Waals surface area contributed by atoms with E-state index in [0.29, 0.717) is 5.13 Å². The van der Waals surface area contributed by atoms with Crippen LogP contribution in [0.5, 0.6) is 0 Å². The van der Waals surface area contributed by atoms with Gasteiger partial charge in [-0.3, -0.25) is 0 Å². The number of thiazole rings is 1. The third kappa shape index (κ3) is 3.83. The van der Waals surface area contributed by atoms with Gasteiger partial charge in [-0.25, -0.2) is 15.0 Å². The Morgan fingerprint density at radius 2 is 2.00 bits per heavy atom. The second-order valence-electron chi connectivity index (χ2n) is 5.60. The molecule has 0 aliphatic heterocycles. The molecule has 2 aromatic heterocycles. The predicted molar refractivity (Wildman–Crippen MR) is 101 cm³/mol. The molecule has 24 heavy (non-hydrogen) atoms. The van der Waals surface area contributed by atoms with Gasteiger partial charge in [0.1, 0.15) is 0 Å². The van der Waals surface area contributed by atoms with Crippen molar-refractivity contribution < 1.29 is 0 Å². The van der Waals surface area contributed by atoms with Crippen molar-refractivity contribution in [2.75, 3.05) is 24.7 Å². The first-order chi connectivity index (χ1) is 11.5. The first kappa shape index (κ1) is 16.7. The number of hydrogen-bond acceptors (Lipinski definition) is 6. The lowest BCUT2D eigenvalue weighted by molar-refractivity contribution is 0.926. The van der Waals surface area contributed by atoms with Gasteiger partial charge in [0, 0.05) is 26.0 Å². The number of halogens is 1. The summed E-state index contributed by atoms with van der Waals surface area (Å²) in [6, 6.07) is 10.3. The van der Waals surface area contributed by atoms with E-state index in [0.717, 1.165) is 29.1 Å². The van der Waals surface area contributed by atoms with Crippen molar-refractivity contribution in [3.8, 4) is 10.6 Å². The average Bonchev–Trinajstić information content (AvgIpc) is 2.94. The van der Waals surface area contributed by atoms with E-state index < -0.39 is 0 Å². The number of hydrogen-bond donors (Lipinski definition) is 1. The van der Waals surface area contributed by atoms with Crippen LogP contribution in [0.25, 0.3) is 10.6 Å². The number of aromatic nitrogens is 3. The summed E-state index contributed by atoms with van der Waals surface area (Å²) in [6.07, 6.45) is 3.32. The van der Waals surface area contributed by atoms with E-state index in [1.54, 1.807) is 6.20 Å². The number of benzene rings is 1. The average molecular weight is 360 g/mol. The fourth-order valence-electron chi connectivity index (χ4n) is 2.45. The molecule has 0 saturated carbocycles. The van der Waals surface area contributed by atoms with E-state index in [1.807, 2.05) is 20.2 Å². The molecule has 0 fully saturated rings. The monoisotopic (exact) mass is 359 g/mol. The van der Waals surface area contributed by atoms with Gasteiger partial charge in [-0.2, -0.15) is 0 Å². The molecule has 124 valence electrons. The Morgan fingerprint density at radius 1 is 1.17 bits per heavy atom. The molecule has 5 nitrogen and oxygen atoms in total. The molecule has 0 saturated heterocycles. The van der Waals surface area contributed by atoms with Crippen LogP contribution in [0.1, 0.15) is 11.3 Å². The molecule has 3 rings (SSSR count). The van der Waals surface area contributed by atoms with Crippen LogP contribution in [0.15, 0.2) is 36.5 Å². The minimum Gasteiger partial charge on any atom is -0.378 e. The maximum absolute atomic E-state index is 5.91. The van der Waals surface area contributed by atoms with Crippen LogP contribution in [-0.4, -0.2) is 29.0 Å². The fourth-order valence-corrected chi connectivity index (χ4v) is 3.45. The van der Waals surface area contributed by atoms with Gasteiger partial charge < -0.3 is 10.6 Å². The highest BCUT2D eigenvalue weighted by atomic mass is 35.5. The van der Waals surface area contributed by atoms with E-state index in [-0.39, 0.29) is 5.28 Å². The van der Waals surface area contributed by atoms with Gasteiger partial charge in [0.15, 0.2) is 5.13 Å². The van der Waals surface area contributed by atoms with Crippen LogP contribution >= 0.6 is 22.9 Å². The summed E-state index contributed by atoms with van der Waals surface area (Å²) in [6.45, 7) is 0. The third-order valence-corrected chi connectivity index (χ3v) is 4.78. The van der Waals surface area contributed by atoms with E-state index in [4.69, 9.17) is 17.3 Å². The minimum atomic E-state index is 0.226. The Labute approximate surface area is 150 Å². The van der Waals surface area contributed by atoms with Crippen molar-refractivity contribution in [1.29, 1.82) is 0 Å². The van der Waals surface area contributed by atoms with Gasteiger partial charge in [0.05, 0.1) is 16.3 Å². The molecule has 0 unspecified atom stereocenters. The van der Waals surface area contributed by atoms with Crippen molar-refractivity contribution in [2.45, 2.75) is 12.8 Å². The predicted octanol–water partition coefficient (Wildman–Crippen LogP) is 3.69. The largest absolute Gasteiger partial charge is 0.378 e. The first-order valence-electron chi connectivity index (χ1n) is 7.53. The second kappa shape index (κ2) is 7.15. The van der Waals surface area contributed by atoms with Crippen LogP contribution in [0, 0.1) is 0 Å². The number of rotatable bonds is 5. The third-order valence-electron chi connectivity index (χ3n) is 3.65. The number of nitrogens with zero attached hydrogens (tertiary/aromatic N) is 4. The lowest BCUT2D eigenvalue weighted by atomic mass is 10.1. The van der Waals surface area contributed by atoms with Crippen LogP contribution in [-0.2, 0) is 12.8 Å². The molecule has 7 heteroatoms. The summed E-state index contributed by atoms with van der Waals surface area (Å²) in [4.78, 5) is 15.7. The summed E-state index contributed by atoms with van der Waals surface area (Å²) >= 11 is 7.33. The lowest BCUT2D eigenvalue weighted by Gasteiger charge is -2.13. The van der Waals surface area contributed by atoms with E-state index in [9.17, 15) is 0 Å². The van der Waals surface area contributed by atoms with Crippen LogP contribution < -0.4 is 10.6 Å².